The Balaban J connectivity index is 1.78. The molecule has 0 amide bonds. The summed E-state index contributed by atoms with van der Waals surface area (Å²) in [5.41, 5.74) is 0.809. The van der Waals surface area contributed by atoms with Gasteiger partial charge < -0.3 is 9.84 Å². The average molecular weight is 370 g/mol. The molecule has 0 aliphatic heterocycles. The van der Waals surface area contributed by atoms with Crippen LogP contribution in [0, 0.1) is 40.9 Å². The normalized spacial score (nSPS) is 43.4. The number of allylic oxidation sites excluding steroid dienone is 1. The molecule has 0 spiro atoms. The van der Waals surface area contributed by atoms with E-state index in [1.807, 2.05) is 0 Å². The maximum absolute atomic E-state index is 12.5. The zero-order valence-corrected chi connectivity index (χ0v) is 16.4. The lowest BCUT2D eigenvalue weighted by molar-refractivity contribution is -0.142. The van der Waals surface area contributed by atoms with Crippen molar-refractivity contribution >= 4 is 11.8 Å². The smallest absolute Gasteiger partial charge is 0.308 e. The first-order valence-electron chi connectivity index (χ1n) is 10.4. The highest BCUT2D eigenvalue weighted by Crippen LogP contribution is 2.66. The largest absolute Gasteiger partial charge is 0.423 e. The van der Waals surface area contributed by atoms with Crippen LogP contribution < -0.4 is 0 Å². The van der Waals surface area contributed by atoms with Gasteiger partial charge in [-0.2, -0.15) is 0 Å². The van der Waals surface area contributed by atoms with E-state index in [4.69, 9.17) is 11.2 Å². The maximum Gasteiger partial charge on any atom is 0.308 e. The maximum atomic E-state index is 12.5. The predicted octanol–water partition coefficient (Wildman–Crippen LogP) is 3.77. The van der Waals surface area contributed by atoms with Gasteiger partial charge in [0.05, 0.1) is 6.10 Å². The summed E-state index contributed by atoms with van der Waals surface area (Å²) < 4.78 is 5.43. The zero-order chi connectivity index (χ0) is 19.4. The first-order valence-corrected chi connectivity index (χ1v) is 10.4. The second-order valence-corrected chi connectivity index (χ2v) is 9.41. The first-order chi connectivity index (χ1) is 12.8. The molecule has 146 valence electrons. The fraction of sp³-hybridized carbons (Fsp3) is 0.739. The van der Waals surface area contributed by atoms with Gasteiger partial charge in [0.2, 0.25) is 0 Å². The van der Waals surface area contributed by atoms with E-state index in [0.29, 0.717) is 36.4 Å². The third kappa shape index (κ3) is 2.62. The molecular weight excluding hydrogens is 340 g/mol. The SMILES string of the molecule is C#CC[C@]12CCC(=O)C(OC(C)=O)=C1CC[C@@H]1[C@@H]2CC[C@]2(C)[C@@H](O)CC[C@@H]12. The van der Waals surface area contributed by atoms with Crippen molar-refractivity contribution in [3.8, 4) is 12.3 Å². The molecule has 4 nitrogen and oxygen atoms in total. The lowest BCUT2D eigenvalue weighted by Gasteiger charge is -2.58. The van der Waals surface area contributed by atoms with Crippen LogP contribution >= 0.6 is 0 Å². The minimum atomic E-state index is -0.431. The van der Waals surface area contributed by atoms with Crippen molar-refractivity contribution in [3.63, 3.8) is 0 Å². The molecule has 0 radical (unpaired) electrons. The van der Waals surface area contributed by atoms with E-state index in [1.54, 1.807) is 0 Å². The Kier molecular flexibility index (Phi) is 4.50. The number of fused-ring (bicyclic) bond motifs is 5. The van der Waals surface area contributed by atoms with Gasteiger partial charge in [-0.05, 0) is 73.7 Å². The minimum Gasteiger partial charge on any atom is -0.423 e. The summed E-state index contributed by atoms with van der Waals surface area (Å²) in [5, 5.41) is 10.6. The van der Waals surface area contributed by atoms with Gasteiger partial charge in [0, 0.05) is 25.2 Å². The molecule has 0 unspecified atom stereocenters. The number of esters is 1. The van der Waals surface area contributed by atoms with Crippen LogP contribution in [0.2, 0.25) is 0 Å². The third-order valence-electron chi connectivity index (χ3n) is 8.41. The number of hydrogen-bond acceptors (Lipinski definition) is 4. The quantitative estimate of drug-likeness (QED) is 0.594. The number of terminal acetylenes is 1. The van der Waals surface area contributed by atoms with Crippen LogP contribution in [0.1, 0.15) is 71.6 Å². The van der Waals surface area contributed by atoms with E-state index in [2.05, 4.69) is 12.8 Å². The lowest BCUT2D eigenvalue weighted by Crippen LogP contribution is -2.52. The van der Waals surface area contributed by atoms with Crippen LogP contribution in [0.4, 0.5) is 0 Å². The molecular formula is C23H30O4. The highest BCUT2D eigenvalue weighted by Gasteiger charge is 2.60. The Morgan fingerprint density at radius 1 is 1.22 bits per heavy atom. The van der Waals surface area contributed by atoms with Crippen molar-refractivity contribution in [2.45, 2.75) is 77.7 Å². The molecule has 0 heterocycles. The van der Waals surface area contributed by atoms with E-state index >= 15 is 0 Å². The van der Waals surface area contributed by atoms with Gasteiger partial charge in [-0.1, -0.05) is 6.92 Å². The molecule has 4 aliphatic rings. The third-order valence-corrected chi connectivity index (χ3v) is 8.41. The van der Waals surface area contributed by atoms with Gasteiger partial charge in [-0.15, -0.1) is 12.3 Å². The second-order valence-electron chi connectivity index (χ2n) is 9.41. The van der Waals surface area contributed by atoms with Crippen LogP contribution in [-0.2, 0) is 14.3 Å². The van der Waals surface area contributed by atoms with E-state index in [1.165, 1.54) is 6.92 Å². The van der Waals surface area contributed by atoms with Gasteiger partial charge in [-0.3, -0.25) is 9.59 Å². The van der Waals surface area contributed by atoms with Crippen molar-refractivity contribution in [2.24, 2.45) is 28.6 Å². The number of carbonyl (C=O) groups is 2. The number of aliphatic hydroxyl groups is 1. The molecule has 6 atom stereocenters. The number of carbonyl (C=O) groups excluding carboxylic acids is 2. The molecule has 0 aromatic heterocycles. The molecule has 4 heteroatoms. The number of aliphatic hydroxyl groups excluding tert-OH is 1. The number of ketones is 1. The highest BCUT2D eigenvalue weighted by atomic mass is 16.5. The van der Waals surface area contributed by atoms with E-state index in [0.717, 1.165) is 50.5 Å². The van der Waals surface area contributed by atoms with Gasteiger partial charge in [0.15, 0.2) is 11.5 Å². The number of hydrogen-bond donors (Lipinski definition) is 1. The van der Waals surface area contributed by atoms with Crippen molar-refractivity contribution in [1.82, 2.24) is 0 Å². The summed E-state index contributed by atoms with van der Waals surface area (Å²) in [6.07, 6.45) is 13.2. The monoisotopic (exact) mass is 370 g/mol. The topological polar surface area (TPSA) is 63.6 Å². The zero-order valence-electron chi connectivity index (χ0n) is 16.4. The van der Waals surface area contributed by atoms with Crippen LogP contribution in [-0.4, -0.2) is 23.0 Å². The van der Waals surface area contributed by atoms with Crippen LogP contribution in [0.15, 0.2) is 11.3 Å². The Bertz CT molecular complexity index is 744. The molecule has 27 heavy (non-hydrogen) atoms. The van der Waals surface area contributed by atoms with Crippen LogP contribution in [0.3, 0.4) is 0 Å². The standard InChI is InChI=1S/C23H30O4/c1-4-11-23-13-10-19(25)21(27-14(2)24)18(23)6-5-15-16-7-8-20(26)22(16,3)12-9-17(15)23/h1,15-17,20,26H,5-13H2,2-3H3/t15-,16-,17-,20-,22-,23+/m0/s1. The Labute approximate surface area is 161 Å². The number of Topliss-reactive ketones (excluding diaryl/α,β-unsaturated/α-hetero) is 1. The highest BCUT2D eigenvalue weighted by molar-refractivity contribution is 5.97. The first kappa shape index (κ1) is 18.7. The summed E-state index contributed by atoms with van der Waals surface area (Å²) in [5.74, 6) is 4.18. The Hall–Kier alpha value is -1.60. The van der Waals surface area contributed by atoms with Crippen molar-refractivity contribution in [1.29, 1.82) is 0 Å². The molecule has 4 rings (SSSR count). The second kappa shape index (κ2) is 6.48. The van der Waals surface area contributed by atoms with Crippen LogP contribution in [0.25, 0.3) is 0 Å². The summed E-state index contributed by atoms with van der Waals surface area (Å²) in [6, 6.07) is 0. The molecule has 3 saturated carbocycles. The molecule has 0 aromatic rings. The van der Waals surface area contributed by atoms with Crippen molar-refractivity contribution in [3.05, 3.63) is 11.3 Å². The molecule has 0 saturated heterocycles. The number of rotatable bonds is 2. The average Bonchev–Trinajstić information content (AvgIpc) is 2.93. The van der Waals surface area contributed by atoms with Crippen LogP contribution in [0.5, 0.6) is 0 Å². The number of ether oxygens (including phenoxy) is 1. The fourth-order valence-electron chi connectivity index (χ4n) is 7.20. The van der Waals surface area contributed by atoms with Gasteiger partial charge in [0.1, 0.15) is 0 Å². The van der Waals surface area contributed by atoms with Gasteiger partial charge >= 0.3 is 5.97 Å². The molecule has 0 bridgehead atoms. The van der Waals surface area contributed by atoms with Gasteiger partial charge in [0.25, 0.3) is 0 Å². The molecule has 3 fully saturated rings. The molecule has 1 N–H and O–H groups in total. The summed E-state index contributed by atoms with van der Waals surface area (Å²) >= 11 is 0. The van der Waals surface area contributed by atoms with E-state index in [9.17, 15) is 14.7 Å². The fourth-order valence-corrected chi connectivity index (χ4v) is 7.20. The lowest BCUT2D eigenvalue weighted by atomic mass is 9.46. The minimum absolute atomic E-state index is 0.0168. The Morgan fingerprint density at radius 2 is 2.00 bits per heavy atom. The summed E-state index contributed by atoms with van der Waals surface area (Å²) in [6.45, 7) is 3.62. The van der Waals surface area contributed by atoms with Gasteiger partial charge in [-0.25, -0.2) is 0 Å². The van der Waals surface area contributed by atoms with E-state index < -0.39 is 5.97 Å². The summed E-state index contributed by atoms with van der Waals surface area (Å²) in [7, 11) is 0. The molecule has 0 aromatic carbocycles. The summed E-state index contributed by atoms with van der Waals surface area (Å²) in [4.78, 5) is 24.2. The van der Waals surface area contributed by atoms with Crippen molar-refractivity contribution < 1.29 is 19.4 Å². The van der Waals surface area contributed by atoms with E-state index in [-0.39, 0.29) is 22.7 Å². The Morgan fingerprint density at radius 3 is 2.70 bits per heavy atom. The van der Waals surface area contributed by atoms with Crippen molar-refractivity contribution in [2.75, 3.05) is 0 Å². The predicted molar refractivity (Wildman–Crippen MR) is 101 cm³/mol. The molecule has 4 aliphatic carbocycles.